The Morgan fingerprint density at radius 3 is 2.48 bits per heavy atom. The molecule has 3 aromatic heterocycles. The quantitative estimate of drug-likeness (QED) is 0.515. The van der Waals surface area contributed by atoms with Crippen molar-refractivity contribution in [3.8, 4) is 11.3 Å². The van der Waals surface area contributed by atoms with E-state index in [2.05, 4.69) is 15.4 Å². The third-order valence-electron chi connectivity index (χ3n) is 4.90. The summed E-state index contributed by atoms with van der Waals surface area (Å²) in [4.78, 5) is 17.0. The highest BCUT2D eigenvalue weighted by Gasteiger charge is 2.16. The zero-order chi connectivity index (χ0) is 19.8. The molecule has 7 nitrogen and oxygen atoms in total. The monoisotopic (exact) mass is 382 g/mol. The Labute approximate surface area is 166 Å². The van der Waals surface area contributed by atoms with E-state index in [4.69, 9.17) is 5.10 Å². The number of nitrogens with one attached hydrogen (secondary N) is 1. The van der Waals surface area contributed by atoms with Gasteiger partial charge in [0.25, 0.3) is 0 Å². The fourth-order valence-electron chi connectivity index (χ4n) is 3.58. The molecule has 0 fully saturated rings. The van der Waals surface area contributed by atoms with Gasteiger partial charge < -0.3 is 5.32 Å². The number of fused-ring (bicyclic) bond motifs is 2. The summed E-state index contributed by atoms with van der Waals surface area (Å²) >= 11 is 0. The molecule has 0 aliphatic rings. The molecule has 0 aliphatic carbocycles. The van der Waals surface area contributed by atoms with Gasteiger partial charge in [0.2, 0.25) is 5.91 Å². The number of carbonyl (C=O) groups excluding carboxylic acids is 1. The highest BCUT2D eigenvalue weighted by atomic mass is 16.2. The highest BCUT2D eigenvalue weighted by Crippen LogP contribution is 2.27. The summed E-state index contributed by atoms with van der Waals surface area (Å²) in [5.41, 5.74) is 3.59. The number of hydrogen-bond donors (Lipinski definition) is 1. The molecule has 0 unspecified atom stereocenters. The molecule has 2 aromatic carbocycles. The SMILES string of the molecule is Cn1nc(NC(=O)Cn2nc(-c3cccnc3)c3ccccc32)c2ccccc21. The lowest BCUT2D eigenvalue weighted by Gasteiger charge is -2.04. The molecule has 0 atom stereocenters. The van der Waals surface area contributed by atoms with Crippen LogP contribution in [0.2, 0.25) is 0 Å². The summed E-state index contributed by atoms with van der Waals surface area (Å²) in [7, 11) is 1.86. The molecule has 1 amide bonds. The van der Waals surface area contributed by atoms with Gasteiger partial charge in [-0.3, -0.25) is 19.1 Å². The van der Waals surface area contributed by atoms with Crippen LogP contribution in [0.5, 0.6) is 0 Å². The van der Waals surface area contributed by atoms with Crippen molar-refractivity contribution in [1.29, 1.82) is 0 Å². The number of pyridine rings is 1. The number of anilines is 1. The van der Waals surface area contributed by atoms with Gasteiger partial charge in [-0.05, 0) is 30.3 Å². The lowest BCUT2D eigenvalue weighted by Crippen LogP contribution is -2.20. The van der Waals surface area contributed by atoms with Crippen molar-refractivity contribution in [1.82, 2.24) is 24.5 Å². The fourth-order valence-corrected chi connectivity index (χ4v) is 3.58. The molecular formula is C22H18N6O. The smallest absolute Gasteiger partial charge is 0.247 e. The molecule has 5 aromatic rings. The molecule has 0 spiro atoms. The minimum atomic E-state index is -0.181. The Bertz CT molecular complexity index is 1340. The lowest BCUT2D eigenvalue weighted by molar-refractivity contribution is -0.116. The van der Waals surface area contributed by atoms with Crippen molar-refractivity contribution in [2.45, 2.75) is 6.54 Å². The van der Waals surface area contributed by atoms with Crippen molar-refractivity contribution >= 4 is 33.5 Å². The molecule has 0 radical (unpaired) electrons. The number of hydrogen-bond acceptors (Lipinski definition) is 4. The Hall–Kier alpha value is -4.00. The van der Waals surface area contributed by atoms with Gasteiger partial charge in [-0.2, -0.15) is 10.2 Å². The van der Waals surface area contributed by atoms with Crippen LogP contribution in [0.4, 0.5) is 5.82 Å². The third-order valence-corrected chi connectivity index (χ3v) is 4.90. The molecular weight excluding hydrogens is 364 g/mol. The Morgan fingerprint density at radius 1 is 0.931 bits per heavy atom. The van der Waals surface area contributed by atoms with E-state index >= 15 is 0 Å². The number of para-hydroxylation sites is 2. The summed E-state index contributed by atoms with van der Waals surface area (Å²) in [6.07, 6.45) is 3.51. The van der Waals surface area contributed by atoms with Crippen LogP contribution in [-0.2, 0) is 18.4 Å². The van der Waals surface area contributed by atoms with Crippen molar-refractivity contribution in [3.63, 3.8) is 0 Å². The van der Waals surface area contributed by atoms with Crippen LogP contribution in [-0.4, -0.2) is 30.5 Å². The first-order valence-corrected chi connectivity index (χ1v) is 9.28. The maximum Gasteiger partial charge on any atom is 0.247 e. The maximum absolute atomic E-state index is 12.8. The molecule has 1 N–H and O–H groups in total. The van der Waals surface area contributed by atoms with E-state index < -0.39 is 0 Å². The van der Waals surface area contributed by atoms with Gasteiger partial charge in [0.15, 0.2) is 5.82 Å². The van der Waals surface area contributed by atoms with E-state index in [0.29, 0.717) is 5.82 Å². The van der Waals surface area contributed by atoms with E-state index in [-0.39, 0.29) is 12.5 Å². The number of amides is 1. The Kier molecular flexibility index (Phi) is 4.05. The molecule has 7 heteroatoms. The number of carbonyl (C=O) groups is 1. The Morgan fingerprint density at radius 2 is 1.69 bits per heavy atom. The number of nitrogens with zero attached hydrogens (tertiary/aromatic N) is 5. The van der Waals surface area contributed by atoms with Crippen LogP contribution in [0.25, 0.3) is 33.1 Å². The standard InChI is InChI=1S/C22H18N6O/c1-27-18-10-4-3-9-17(18)22(26-27)24-20(29)14-28-19-11-5-2-8-16(19)21(25-28)15-7-6-12-23-13-15/h2-13H,14H2,1H3,(H,24,26,29). The Balaban J connectivity index is 1.48. The van der Waals surface area contributed by atoms with Crippen LogP contribution in [0, 0.1) is 0 Å². The van der Waals surface area contributed by atoms with E-state index in [1.54, 1.807) is 21.8 Å². The van der Waals surface area contributed by atoms with Gasteiger partial charge in [0.05, 0.1) is 11.0 Å². The second-order valence-corrected chi connectivity index (χ2v) is 6.80. The van der Waals surface area contributed by atoms with Crippen molar-refractivity contribution in [3.05, 3.63) is 73.1 Å². The van der Waals surface area contributed by atoms with E-state index in [1.807, 2.05) is 67.7 Å². The second kappa shape index (κ2) is 6.87. The number of benzene rings is 2. The van der Waals surface area contributed by atoms with Gasteiger partial charge in [-0.25, -0.2) is 0 Å². The average molecular weight is 382 g/mol. The van der Waals surface area contributed by atoms with Crippen LogP contribution in [0.15, 0.2) is 73.1 Å². The van der Waals surface area contributed by atoms with E-state index in [0.717, 1.165) is 33.1 Å². The summed E-state index contributed by atoms with van der Waals surface area (Å²) in [5.74, 6) is 0.372. The minimum absolute atomic E-state index is 0.0890. The van der Waals surface area contributed by atoms with Crippen LogP contribution >= 0.6 is 0 Å². The average Bonchev–Trinajstić information content (AvgIpc) is 3.27. The molecule has 0 bridgehead atoms. The first-order chi connectivity index (χ1) is 14.2. The highest BCUT2D eigenvalue weighted by molar-refractivity contribution is 6.00. The van der Waals surface area contributed by atoms with Crippen LogP contribution in [0.1, 0.15) is 0 Å². The fraction of sp³-hybridized carbons (Fsp3) is 0.0909. The predicted octanol–water partition coefficient (Wildman–Crippen LogP) is 3.62. The summed E-state index contributed by atoms with van der Waals surface area (Å²) < 4.78 is 3.48. The van der Waals surface area contributed by atoms with Gasteiger partial charge in [-0.15, -0.1) is 0 Å². The van der Waals surface area contributed by atoms with E-state index in [1.165, 1.54) is 0 Å². The third kappa shape index (κ3) is 3.02. The van der Waals surface area contributed by atoms with Crippen molar-refractivity contribution < 1.29 is 4.79 Å². The van der Waals surface area contributed by atoms with Crippen molar-refractivity contribution in [2.75, 3.05) is 5.32 Å². The number of aromatic nitrogens is 5. The predicted molar refractivity (Wildman–Crippen MR) is 112 cm³/mol. The molecule has 0 saturated heterocycles. The summed E-state index contributed by atoms with van der Waals surface area (Å²) in [5, 5.41) is 13.9. The van der Waals surface area contributed by atoms with Gasteiger partial charge >= 0.3 is 0 Å². The molecule has 3 heterocycles. The van der Waals surface area contributed by atoms with Gasteiger partial charge in [-0.1, -0.05) is 30.3 Å². The first kappa shape index (κ1) is 17.1. The lowest BCUT2D eigenvalue weighted by atomic mass is 10.1. The van der Waals surface area contributed by atoms with Gasteiger partial charge in [0.1, 0.15) is 12.2 Å². The number of rotatable bonds is 4. The van der Waals surface area contributed by atoms with Crippen molar-refractivity contribution in [2.24, 2.45) is 7.05 Å². The zero-order valence-electron chi connectivity index (χ0n) is 15.8. The topological polar surface area (TPSA) is 77.6 Å². The number of aryl methyl sites for hydroxylation is 1. The molecule has 142 valence electrons. The van der Waals surface area contributed by atoms with Crippen LogP contribution < -0.4 is 5.32 Å². The van der Waals surface area contributed by atoms with Gasteiger partial charge in [0, 0.05) is 35.8 Å². The minimum Gasteiger partial charge on any atom is -0.307 e. The molecule has 5 rings (SSSR count). The summed E-state index contributed by atoms with van der Waals surface area (Å²) in [6, 6.07) is 19.5. The molecule has 0 saturated carbocycles. The summed E-state index contributed by atoms with van der Waals surface area (Å²) in [6.45, 7) is 0.0890. The molecule has 0 aliphatic heterocycles. The molecule has 29 heavy (non-hydrogen) atoms. The van der Waals surface area contributed by atoms with E-state index in [9.17, 15) is 4.79 Å². The normalized spacial score (nSPS) is 11.2. The second-order valence-electron chi connectivity index (χ2n) is 6.80. The van der Waals surface area contributed by atoms with Crippen LogP contribution in [0.3, 0.4) is 0 Å². The first-order valence-electron chi connectivity index (χ1n) is 9.28. The zero-order valence-corrected chi connectivity index (χ0v) is 15.8. The largest absolute Gasteiger partial charge is 0.307 e. The maximum atomic E-state index is 12.8.